The Labute approximate surface area is 203 Å². The van der Waals surface area contributed by atoms with Crippen molar-refractivity contribution in [1.82, 2.24) is 9.80 Å². The van der Waals surface area contributed by atoms with Crippen molar-refractivity contribution in [3.05, 3.63) is 58.6 Å². The summed E-state index contributed by atoms with van der Waals surface area (Å²) in [5.74, 6) is 0.585. The minimum atomic E-state index is -0.632. The molecule has 0 aromatic heterocycles. The predicted molar refractivity (Wildman–Crippen MR) is 125 cm³/mol. The number of esters is 1. The lowest BCUT2D eigenvalue weighted by atomic mass is 10.0. The lowest BCUT2D eigenvalue weighted by molar-refractivity contribution is -0.148. The molecule has 9 heteroatoms. The maximum absolute atomic E-state index is 12.8. The predicted octanol–water partition coefficient (Wildman–Crippen LogP) is 3.13. The molecule has 0 bridgehead atoms. The zero-order valence-electron chi connectivity index (χ0n) is 19.0. The van der Waals surface area contributed by atoms with Gasteiger partial charge in [0.05, 0.1) is 7.11 Å². The SMILES string of the molecule is COC(=O)C(c1ccccc1Cl)N1CCN(C(=O)CCC(=O)c2ccc3c(c2)OCCO3)CC1. The van der Waals surface area contributed by atoms with Crippen LogP contribution in [-0.2, 0) is 14.3 Å². The quantitative estimate of drug-likeness (QED) is 0.439. The number of benzene rings is 2. The monoisotopic (exact) mass is 486 g/mol. The van der Waals surface area contributed by atoms with Crippen molar-refractivity contribution >= 4 is 29.3 Å². The molecule has 1 amide bonds. The molecule has 34 heavy (non-hydrogen) atoms. The Hall–Kier alpha value is -3.10. The zero-order chi connectivity index (χ0) is 24.1. The Morgan fingerprint density at radius 1 is 0.971 bits per heavy atom. The Bertz CT molecular complexity index is 1070. The van der Waals surface area contributed by atoms with Crippen LogP contribution in [0.15, 0.2) is 42.5 Å². The van der Waals surface area contributed by atoms with Gasteiger partial charge in [0, 0.05) is 49.6 Å². The van der Waals surface area contributed by atoms with Gasteiger partial charge in [-0.3, -0.25) is 14.5 Å². The first kappa shape index (κ1) is 24.0. The summed E-state index contributed by atoms with van der Waals surface area (Å²) in [5.41, 5.74) is 1.18. The molecule has 2 aliphatic heterocycles. The number of amides is 1. The minimum absolute atomic E-state index is 0.0853. The fourth-order valence-corrected chi connectivity index (χ4v) is 4.49. The van der Waals surface area contributed by atoms with Crippen LogP contribution in [0.5, 0.6) is 11.5 Å². The van der Waals surface area contributed by atoms with E-state index in [4.69, 9.17) is 25.8 Å². The van der Waals surface area contributed by atoms with Crippen LogP contribution in [0.2, 0.25) is 5.02 Å². The number of methoxy groups -OCH3 is 1. The molecule has 0 aliphatic carbocycles. The van der Waals surface area contributed by atoms with Crippen LogP contribution in [-0.4, -0.2) is 74.0 Å². The van der Waals surface area contributed by atoms with Crippen LogP contribution < -0.4 is 9.47 Å². The summed E-state index contributed by atoms with van der Waals surface area (Å²) in [6, 6.07) is 11.6. The second kappa shape index (κ2) is 10.9. The van der Waals surface area contributed by atoms with Gasteiger partial charge in [-0.05, 0) is 29.8 Å². The standard InChI is InChI=1S/C25H27ClN2O6/c1-32-25(31)24(18-4-2-3-5-19(18)26)28-12-10-27(11-13-28)23(30)9-7-20(29)17-6-8-21-22(16-17)34-15-14-33-21/h2-6,8,16,24H,7,9-15H2,1H3. The number of hydrogen-bond acceptors (Lipinski definition) is 7. The molecular formula is C25H27ClN2O6. The number of ketones is 1. The normalized spacial score (nSPS) is 16.6. The van der Waals surface area contributed by atoms with E-state index >= 15 is 0 Å². The summed E-state index contributed by atoms with van der Waals surface area (Å²) in [4.78, 5) is 41.6. The first-order chi connectivity index (χ1) is 16.5. The molecular weight excluding hydrogens is 460 g/mol. The van der Waals surface area contributed by atoms with E-state index in [0.717, 1.165) is 0 Å². The fourth-order valence-electron chi connectivity index (χ4n) is 4.25. The highest BCUT2D eigenvalue weighted by atomic mass is 35.5. The highest BCUT2D eigenvalue weighted by molar-refractivity contribution is 6.31. The third kappa shape index (κ3) is 5.34. The van der Waals surface area contributed by atoms with E-state index in [0.29, 0.717) is 67.0 Å². The highest BCUT2D eigenvalue weighted by Gasteiger charge is 2.33. The average molecular weight is 487 g/mol. The summed E-state index contributed by atoms with van der Waals surface area (Å²) in [5, 5.41) is 0.494. The molecule has 1 fully saturated rings. The Morgan fingerprint density at radius 3 is 2.38 bits per heavy atom. The lowest BCUT2D eigenvalue weighted by Gasteiger charge is -2.38. The van der Waals surface area contributed by atoms with Crippen molar-refractivity contribution in [2.45, 2.75) is 18.9 Å². The zero-order valence-corrected chi connectivity index (χ0v) is 19.8. The minimum Gasteiger partial charge on any atom is -0.486 e. The van der Waals surface area contributed by atoms with E-state index in [-0.39, 0.29) is 24.5 Å². The Morgan fingerprint density at radius 2 is 1.68 bits per heavy atom. The van der Waals surface area contributed by atoms with Crippen LogP contribution in [0, 0.1) is 0 Å². The molecule has 4 rings (SSSR count). The van der Waals surface area contributed by atoms with Crippen molar-refractivity contribution in [1.29, 1.82) is 0 Å². The van der Waals surface area contributed by atoms with E-state index in [1.165, 1.54) is 7.11 Å². The van der Waals surface area contributed by atoms with Crippen LogP contribution in [0.1, 0.15) is 34.8 Å². The van der Waals surface area contributed by atoms with Gasteiger partial charge in [0.25, 0.3) is 0 Å². The average Bonchev–Trinajstić information content (AvgIpc) is 2.88. The summed E-state index contributed by atoms with van der Waals surface area (Å²) in [7, 11) is 1.35. The van der Waals surface area contributed by atoms with Gasteiger partial charge in [-0.15, -0.1) is 0 Å². The van der Waals surface area contributed by atoms with Crippen LogP contribution in [0.25, 0.3) is 0 Å². The lowest BCUT2D eigenvalue weighted by Crippen LogP contribution is -2.51. The number of nitrogens with zero attached hydrogens (tertiary/aromatic N) is 2. The summed E-state index contributed by atoms with van der Waals surface area (Å²) >= 11 is 6.33. The molecule has 0 N–H and O–H groups in total. The van der Waals surface area contributed by atoms with Crippen molar-refractivity contribution < 1.29 is 28.6 Å². The molecule has 1 saturated heterocycles. The van der Waals surface area contributed by atoms with Gasteiger partial charge in [-0.2, -0.15) is 0 Å². The first-order valence-corrected chi connectivity index (χ1v) is 11.6. The molecule has 2 aromatic rings. The van der Waals surface area contributed by atoms with Crippen LogP contribution in [0.4, 0.5) is 0 Å². The van der Waals surface area contributed by atoms with Crippen LogP contribution >= 0.6 is 11.6 Å². The third-order valence-corrected chi connectivity index (χ3v) is 6.43. The van der Waals surface area contributed by atoms with Crippen molar-refractivity contribution in [3.63, 3.8) is 0 Å². The number of fused-ring (bicyclic) bond motifs is 1. The summed E-state index contributed by atoms with van der Waals surface area (Å²) < 4.78 is 16.0. The third-order valence-electron chi connectivity index (χ3n) is 6.09. The Kier molecular flexibility index (Phi) is 7.70. The van der Waals surface area contributed by atoms with Gasteiger partial charge in [-0.1, -0.05) is 29.8 Å². The van der Waals surface area contributed by atoms with E-state index < -0.39 is 12.0 Å². The molecule has 2 aliphatic rings. The molecule has 2 heterocycles. The number of rotatable bonds is 7. The van der Waals surface area contributed by atoms with Gasteiger partial charge in [0.2, 0.25) is 5.91 Å². The molecule has 0 spiro atoms. The second-order valence-corrected chi connectivity index (χ2v) is 8.55. The number of halogens is 1. The largest absolute Gasteiger partial charge is 0.486 e. The number of hydrogen-bond donors (Lipinski definition) is 0. The fraction of sp³-hybridized carbons (Fsp3) is 0.400. The molecule has 1 unspecified atom stereocenters. The van der Waals surface area contributed by atoms with Gasteiger partial charge in [0.15, 0.2) is 17.3 Å². The molecule has 8 nitrogen and oxygen atoms in total. The maximum Gasteiger partial charge on any atom is 0.327 e. The summed E-state index contributed by atoms with van der Waals surface area (Å²) in [6.45, 7) is 2.83. The topological polar surface area (TPSA) is 85.4 Å². The molecule has 0 saturated carbocycles. The van der Waals surface area contributed by atoms with Gasteiger partial charge >= 0.3 is 5.97 Å². The summed E-state index contributed by atoms with van der Waals surface area (Å²) in [6.07, 6.45) is 0.237. The van der Waals surface area contributed by atoms with Gasteiger partial charge in [0.1, 0.15) is 19.3 Å². The number of piperazine rings is 1. The van der Waals surface area contributed by atoms with Gasteiger partial charge < -0.3 is 19.1 Å². The smallest absolute Gasteiger partial charge is 0.327 e. The van der Waals surface area contributed by atoms with Crippen molar-refractivity contribution in [2.24, 2.45) is 0 Å². The van der Waals surface area contributed by atoms with Crippen LogP contribution in [0.3, 0.4) is 0 Å². The van der Waals surface area contributed by atoms with Crippen molar-refractivity contribution in [2.75, 3.05) is 46.5 Å². The molecule has 1 atom stereocenters. The first-order valence-electron chi connectivity index (χ1n) is 11.2. The van der Waals surface area contributed by atoms with E-state index in [1.807, 2.05) is 23.1 Å². The number of ether oxygens (including phenoxy) is 3. The highest BCUT2D eigenvalue weighted by Crippen LogP contribution is 2.32. The molecule has 180 valence electrons. The second-order valence-electron chi connectivity index (χ2n) is 8.15. The molecule has 2 aromatic carbocycles. The van der Waals surface area contributed by atoms with Crippen molar-refractivity contribution in [3.8, 4) is 11.5 Å². The maximum atomic E-state index is 12.8. The number of Topliss-reactive ketones (excluding diaryl/α,β-unsaturated/α-hetero) is 1. The van der Waals surface area contributed by atoms with E-state index in [9.17, 15) is 14.4 Å². The number of carbonyl (C=O) groups is 3. The Balaban J connectivity index is 1.32. The van der Waals surface area contributed by atoms with E-state index in [1.54, 1.807) is 29.2 Å². The number of carbonyl (C=O) groups excluding carboxylic acids is 3. The van der Waals surface area contributed by atoms with E-state index in [2.05, 4.69) is 0 Å². The van der Waals surface area contributed by atoms with Gasteiger partial charge in [-0.25, -0.2) is 4.79 Å². The molecule has 0 radical (unpaired) electrons.